The van der Waals surface area contributed by atoms with E-state index in [1.165, 1.54) is 0 Å². The molecule has 6 nitrogen and oxygen atoms in total. The molecule has 1 aliphatic rings. The van der Waals surface area contributed by atoms with Crippen LogP contribution in [0.25, 0.3) is 0 Å². The summed E-state index contributed by atoms with van der Waals surface area (Å²) in [7, 11) is 0. The van der Waals surface area contributed by atoms with Gasteiger partial charge in [-0.3, -0.25) is 9.78 Å². The number of hydrogen-bond acceptors (Lipinski definition) is 5. The molecule has 2 aromatic rings. The largest absolute Gasteiger partial charge is 0.368 e. The highest BCUT2D eigenvalue weighted by Crippen LogP contribution is 2.28. The first-order valence-electron chi connectivity index (χ1n) is 6.65. The van der Waals surface area contributed by atoms with Crippen LogP contribution in [0.3, 0.4) is 0 Å². The second-order valence-electron chi connectivity index (χ2n) is 4.96. The number of nitrogen functional groups attached to an aromatic ring is 1. The minimum absolute atomic E-state index is 0.0607. The maximum atomic E-state index is 12.3. The number of piperidine rings is 1. The van der Waals surface area contributed by atoms with E-state index < -0.39 is 0 Å². The molecule has 0 spiro atoms. The SMILES string of the molecule is Nc1cc(C2CCN(C(=O)c3ccncc3)CC2)no1. The van der Waals surface area contributed by atoms with Crippen molar-refractivity contribution in [3.63, 3.8) is 0 Å². The summed E-state index contributed by atoms with van der Waals surface area (Å²) >= 11 is 0. The van der Waals surface area contributed by atoms with Crippen molar-refractivity contribution in [1.82, 2.24) is 15.0 Å². The number of amides is 1. The number of anilines is 1. The first-order chi connectivity index (χ1) is 9.74. The molecule has 0 bridgehead atoms. The maximum absolute atomic E-state index is 12.3. The fourth-order valence-corrected chi connectivity index (χ4v) is 2.55. The van der Waals surface area contributed by atoms with E-state index in [1.807, 2.05) is 4.90 Å². The summed E-state index contributed by atoms with van der Waals surface area (Å²) in [5, 5.41) is 3.96. The van der Waals surface area contributed by atoms with Gasteiger partial charge in [-0.05, 0) is 25.0 Å². The van der Waals surface area contributed by atoms with Crippen LogP contribution in [0.4, 0.5) is 5.88 Å². The van der Waals surface area contributed by atoms with Crippen molar-refractivity contribution in [2.24, 2.45) is 0 Å². The second-order valence-corrected chi connectivity index (χ2v) is 4.96. The topological polar surface area (TPSA) is 85.2 Å². The van der Waals surface area contributed by atoms with Crippen molar-refractivity contribution >= 4 is 11.8 Å². The lowest BCUT2D eigenvalue weighted by Crippen LogP contribution is -2.37. The zero-order valence-corrected chi connectivity index (χ0v) is 11.0. The van der Waals surface area contributed by atoms with Crippen LogP contribution in [-0.4, -0.2) is 34.0 Å². The van der Waals surface area contributed by atoms with Gasteiger partial charge in [-0.1, -0.05) is 5.16 Å². The summed E-state index contributed by atoms with van der Waals surface area (Å²) in [6, 6.07) is 5.25. The Morgan fingerprint density at radius 1 is 1.30 bits per heavy atom. The first-order valence-corrected chi connectivity index (χ1v) is 6.65. The number of aromatic nitrogens is 2. The molecule has 20 heavy (non-hydrogen) atoms. The van der Waals surface area contributed by atoms with Crippen LogP contribution in [0.5, 0.6) is 0 Å². The van der Waals surface area contributed by atoms with Crippen LogP contribution in [0, 0.1) is 0 Å². The molecule has 3 rings (SSSR count). The lowest BCUT2D eigenvalue weighted by Gasteiger charge is -2.31. The molecule has 1 saturated heterocycles. The molecule has 0 aromatic carbocycles. The van der Waals surface area contributed by atoms with Gasteiger partial charge in [0.15, 0.2) is 0 Å². The number of carbonyl (C=O) groups is 1. The van der Waals surface area contributed by atoms with E-state index in [9.17, 15) is 4.79 Å². The summed E-state index contributed by atoms with van der Waals surface area (Å²) < 4.78 is 4.90. The molecule has 0 radical (unpaired) electrons. The van der Waals surface area contributed by atoms with Crippen molar-refractivity contribution in [2.75, 3.05) is 18.8 Å². The van der Waals surface area contributed by atoms with Crippen LogP contribution < -0.4 is 5.73 Å². The quantitative estimate of drug-likeness (QED) is 0.898. The van der Waals surface area contributed by atoms with Gasteiger partial charge in [0.25, 0.3) is 5.91 Å². The van der Waals surface area contributed by atoms with Gasteiger partial charge in [0.1, 0.15) is 0 Å². The third-order valence-corrected chi connectivity index (χ3v) is 3.67. The van der Waals surface area contributed by atoms with Gasteiger partial charge in [-0.2, -0.15) is 0 Å². The van der Waals surface area contributed by atoms with Gasteiger partial charge in [-0.15, -0.1) is 0 Å². The minimum atomic E-state index is 0.0607. The van der Waals surface area contributed by atoms with E-state index in [-0.39, 0.29) is 5.91 Å². The lowest BCUT2D eigenvalue weighted by molar-refractivity contribution is 0.0711. The number of nitrogens with zero attached hydrogens (tertiary/aromatic N) is 3. The van der Waals surface area contributed by atoms with Crippen molar-refractivity contribution in [3.8, 4) is 0 Å². The average molecular weight is 272 g/mol. The average Bonchev–Trinajstić information content (AvgIpc) is 2.94. The molecule has 0 aliphatic carbocycles. The Bertz CT molecular complexity index is 588. The number of pyridine rings is 1. The van der Waals surface area contributed by atoms with E-state index >= 15 is 0 Å². The molecule has 104 valence electrons. The summed E-state index contributed by atoms with van der Waals surface area (Å²) in [5.74, 6) is 0.721. The van der Waals surface area contributed by atoms with Crippen LogP contribution in [-0.2, 0) is 0 Å². The van der Waals surface area contributed by atoms with Crippen LogP contribution in [0.1, 0.15) is 34.8 Å². The van der Waals surface area contributed by atoms with E-state index in [1.54, 1.807) is 30.6 Å². The van der Waals surface area contributed by atoms with Crippen molar-refractivity contribution in [2.45, 2.75) is 18.8 Å². The van der Waals surface area contributed by atoms with E-state index in [4.69, 9.17) is 10.3 Å². The Labute approximate surface area is 116 Å². The third-order valence-electron chi connectivity index (χ3n) is 3.67. The third kappa shape index (κ3) is 2.49. The fraction of sp³-hybridized carbons (Fsp3) is 0.357. The summed E-state index contributed by atoms with van der Waals surface area (Å²) in [6.07, 6.45) is 5.03. The Balaban J connectivity index is 1.63. The first kappa shape index (κ1) is 12.7. The summed E-state index contributed by atoms with van der Waals surface area (Å²) in [6.45, 7) is 1.44. The summed E-state index contributed by atoms with van der Waals surface area (Å²) in [5.41, 5.74) is 7.11. The Kier molecular flexibility index (Phi) is 3.37. The molecular weight excluding hydrogens is 256 g/mol. The van der Waals surface area contributed by atoms with Gasteiger partial charge in [0.2, 0.25) is 5.88 Å². The van der Waals surface area contributed by atoms with Crippen LogP contribution in [0.2, 0.25) is 0 Å². The number of hydrogen-bond donors (Lipinski definition) is 1. The molecule has 0 unspecified atom stereocenters. The number of carbonyl (C=O) groups excluding carboxylic acids is 1. The Hall–Kier alpha value is -2.37. The molecule has 1 aliphatic heterocycles. The van der Waals surface area contributed by atoms with E-state index in [0.717, 1.165) is 31.6 Å². The van der Waals surface area contributed by atoms with Crippen LogP contribution >= 0.6 is 0 Å². The molecule has 2 aromatic heterocycles. The highest BCUT2D eigenvalue weighted by Gasteiger charge is 2.26. The molecule has 2 N–H and O–H groups in total. The fourth-order valence-electron chi connectivity index (χ4n) is 2.55. The smallest absolute Gasteiger partial charge is 0.253 e. The van der Waals surface area contributed by atoms with Gasteiger partial charge < -0.3 is 15.2 Å². The standard InChI is InChI=1S/C14H16N4O2/c15-13-9-12(17-20-13)10-3-7-18(8-4-10)14(19)11-1-5-16-6-2-11/h1-2,5-6,9-10H,3-4,7-8,15H2. The molecular formula is C14H16N4O2. The van der Waals surface area contributed by atoms with E-state index in [0.29, 0.717) is 17.4 Å². The molecule has 1 amide bonds. The highest BCUT2D eigenvalue weighted by atomic mass is 16.5. The zero-order chi connectivity index (χ0) is 13.9. The monoisotopic (exact) mass is 272 g/mol. The predicted octanol–water partition coefficient (Wildman–Crippen LogP) is 1.67. The lowest BCUT2D eigenvalue weighted by atomic mass is 9.93. The second kappa shape index (κ2) is 5.32. The number of likely N-dealkylation sites (tertiary alicyclic amines) is 1. The van der Waals surface area contributed by atoms with Gasteiger partial charge in [-0.25, -0.2) is 0 Å². The van der Waals surface area contributed by atoms with Gasteiger partial charge >= 0.3 is 0 Å². The molecule has 1 fully saturated rings. The van der Waals surface area contributed by atoms with Gasteiger partial charge in [0, 0.05) is 43.0 Å². The maximum Gasteiger partial charge on any atom is 0.253 e. The number of rotatable bonds is 2. The highest BCUT2D eigenvalue weighted by molar-refractivity contribution is 5.94. The van der Waals surface area contributed by atoms with Crippen molar-refractivity contribution in [3.05, 3.63) is 41.9 Å². The predicted molar refractivity (Wildman–Crippen MR) is 73.0 cm³/mol. The van der Waals surface area contributed by atoms with Gasteiger partial charge in [0.05, 0.1) is 5.69 Å². The van der Waals surface area contributed by atoms with Crippen molar-refractivity contribution < 1.29 is 9.32 Å². The summed E-state index contributed by atoms with van der Waals surface area (Å²) in [4.78, 5) is 18.1. The minimum Gasteiger partial charge on any atom is -0.368 e. The normalized spacial score (nSPS) is 16.3. The Morgan fingerprint density at radius 2 is 2.00 bits per heavy atom. The number of nitrogens with two attached hydrogens (primary N) is 1. The molecule has 0 saturated carbocycles. The molecule has 3 heterocycles. The molecule has 0 atom stereocenters. The zero-order valence-electron chi connectivity index (χ0n) is 11.0. The van der Waals surface area contributed by atoms with Crippen molar-refractivity contribution in [1.29, 1.82) is 0 Å². The van der Waals surface area contributed by atoms with Crippen LogP contribution in [0.15, 0.2) is 35.1 Å². The van der Waals surface area contributed by atoms with E-state index in [2.05, 4.69) is 10.1 Å². The molecule has 6 heteroatoms. The Morgan fingerprint density at radius 3 is 2.60 bits per heavy atom.